The van der Waals surface area contributed by atoms with E-state index in [1.54, 1.807) is 4.90 Å². The van der Waals surface area contributed by atoms with E-state index in [-0.39, 0.29) is 24.5 Å². The standard InChI is InChI=1S/C25H31N3O3S2/c1-4-17-9-7-11-20-18(14-27(23(17)20)16-22(29)26(5-2)6-3)13-21-24(30)28(25(32)33-21)15-19-10-8-12-31-19/h7,9,11,13-14,19H,4-6,8,10,12,15-16H2,1-3H3/b21-13-/t19-/m0/s1. The van der Waals surface area contributed by atoms with E-state index < -0.39 is 0 Å². The van der Waals surface area contributed by atoms with Crippen LogP contribution < -0.4 is 0 Å². The molecule has 2 aromatic rings. The van der Waals surface area contributed by atoms with Crippen molar-refractivity contribution >= 4 is 57.1 Å². The van der Waals surface area contributed by atoms with E-state index in [9.17, 15) is 9.59 Å². The van der Waals surface area contributed by atoms with Gasteiger partial charge in [-0.05, 0) is 44.7 Å². The second-order valence-corrected chi connectivity index (χ2v) is 10.0. The number of benzene rings is 1. The predicted molar refractivity (Wildman–Crippen MR) is 138 cm³/mol. The molecule has 1 atom stereocenters. The van der Waals surface area contributed by atoms with Crippen LogP contribution in [0.15, 0.2) is 29.3 Å². The topological polar surface area (TPSA) is 54.8 Å². The van der Waals surface area contributed by atoms with Crippen molar-refractivity contribution in [2.24, 2.45) is 0 Å². The fourth-order valence-corrected chi connectivity index (χ4v) is 5.87. The predicted octanol–water partition coefficient (Wildman–Crippen LogP) is 4.45. The van der Waals surface area contributed by atoms with Crippen molar-refractivity contribution in [1.82, 2.24) is 14.4 Å². The highest BCUT2D eigenvalue weighted by atomic mass is 32.2. The van der Waals surface area contributed by atoms with Gasteiger partial charge in [-0.3, -0.25) is 14.5 Å². The molecule has 2 aliphatic rings. The van der Waals surface area contributed by atoms with Crippen molar-refractivity contribution < 1.29 is 14.3 Å². The number of rotatable bonds is 8. The van der Waals surface area contributed by atoms with Crippen LogP contribution in [0.2, 0.25) is 0 Å². The number of hydrogen-bond acceptors (Lipinski definition) is 5. The quantitative estimate of drug-likeness (QED) is 0.408. The third-order valence-corrected chi connectivity index (χ3v) is 7.76. The monoisotopic (exact) mass is 485 g/mol. The fraction of sp³-hybridized carbons (Fsp3) is 0.480. The molecule has 2 fully saturated rings. The van der Waals surface area contributed by atoms with Crippen molar-refractivity contribution in [3.8, 4) is 0 Å². The number of aromatic nitrogens is 1. The number of carbonyl (C=O) groups is 2. The first kappa shape index (κ1) is 24.0. The molecule has 8 heteroatoms. The maximum atomic E-state index is 13.1. The molecule has 2 amide bonds. The summed E-state index contributed by atoms with van der Waals surface area (Å²) in [7, 11) is 0. The van der Waals surface area contributed by atoms with Crippen LogP contribution in [-0.4, -0.2) is 62.8 Å². The van der Waals surface area contributed by atoms with Gasteiger partial charge in [0.05, 0.1) is 23.1 Å². The highest BCUT2D eigenvalue weighted by molar-refractivity contribution is 8.26. The molecule has 4 rings (SSSR count). The number of likely N-dealkylation sites (N-methyl/N-ethyl adjacent to an activating group) is 1. The fourth-order valence-electron chi connectivity index (χ4n) is 4.60. The maximum Gasteiger partial charge on any atom is 0.266 e. The van der Waals surface area contributed by atoms with Crippen molar-refractivity contribution in [3.63, 3.8) is 0 Å². The van der Waals surface area contributed by atoms with E-state index in [4.69, 9.17) is 17.0 Å². The van der Waals surface area contributed by atoms with Crippen molar-refractivity contribution in [2.75, 3.05) is 26.2 Å². The molecular formula is C25H31N3O3S2. The minimum Gasteiger partial charge on any atom is -0.376 e. The number of carbonyl (C=O) groups excluding carboxylic acids is 2. The van der Waals surface area contributed by atoms with Gasteiger partial charge >= 0.3 is 0 Å². The lowest BCUT2D eigenvalue weighted by molar-refractivity contribution is -0.131. The molecule has 1 aromatic carbocycles. The molecule has 0 N–H and O–H groups in total. The lowest BCUT2D eigenvalue weighted by atomic mass is 10.1. The van der Waals surface area contributed by atoms with Crippen molar-refractivity contribution in [1.29, 1.82) is 0 Å². The number of hydrogen-bond donors (Lipinski definition) is 0. The Balaban J connectivity index is 1.68. The Hall–Kier alpha value is -2.16. The molecule has 0 unspecified atom stereocenters. The van der Waals surface area contributed by atoms with E-state index in [0.29, 0.717) is 28.9 Å². The van der Waals surface area contributed by atoms with Crippen LogP contribution >= 0.6 is 24.0 Å². The average molecular weight is 486 g/mol. The second-order valence-electron chi connectivity index (χ2n) is 8.37. The molecule has 3 heterocycles. The summed E-state index contributed by atoms with van der Waals surface area (Å²) in [5.74, 6) is 0.0320. The number of aryl methyl sites for hydroxylation is 1. The zero-order valence-corrected chi connectivity index (χ0v) is 21.1. The lowest BCUT2D eigenvalue weighted by Gasteiger charge is -2.19. The Morgan fingerprint density at radius 2 is 2.09 bits per heavy atom. The molecule has 2 saturated heterocycles. The summed E-state index contributed by atoms with van der Waals surface area (Å²) in [6, 6.07) is 6.20. The van der Waals surface area contributed by atoms with Gasteiger partial charge in [-0.1, -0.05) is 49.1 Å². The van der Waals surface area contributed by atoms with Crippen LogP contribution in [0.1, 0.15) is 44.7 Å². The van der Waals surface area contributed by atoms with Gasteiger partial charge in [0.25, 0.3) is 5.91 Å². The van der Waals surface area contributed by atoms with Gasteiger partial charge < -0.3 is 14.2 Å². The van der Waals surface area contributed by atoms with E-state index in [1.165, 1.54) is 17.3 Å². The van der Waals surface area contributed by atoms with E-state index in [0.717, 1.165) is 42.3 Å². The summed E-state index contributed by atoms with van der Waals surface area (Å²) in [4.78, 5) is 30.1. The molecule has 2 aliphatic heterocycles. The van der Waals surface area contributed by atoms with Crippen LogP contribution in [0, 0.1) is 0 Å². The average Bonchev–Trinajstić information content (AvgIpc) is 3.51. The summed E-state index contributed by atoms with van der Waals surface area (Å²) in [6.07, 6.45) is 6.84. The molecule has 0 spiro atoms. The SMILES string of the molecule is CCc1cccc2c(/C=C3\SC(=S)N(C[C@@H]4CCCO4)C3=O)cn(CC(=O)N(CC)CC)c12. The van der Waals surface area contributed by atoms with E-state index in [1.807, 2.05) is 41.7 Å². The van der Waals surface area contributed by atoms with Gasteiger partial charge in [-0.2, -0.15) is 0 Å². The van der Waals surface area contributed by atoms with Gasteiger partial charge in [-0.25, -0.2) is 0 Å². The highest BCUT2D eigenvalue weighted by Gasteiger charge is 2.34. The molecular weight excluding hydrogens is 454 g/mol. The Morgan fingerprint density at radius 3 is 2.76 bits per heavy atom. The van der Waals surface area contributed by atoms with Crippen LogP contribution in [0.25, 0.3) is 17.0 Å². The Bertz CT molecular complexity index is 1100. The number of ether oxygens (including phenoxy) is 1. The number of amides is 2. The van der Waals surface area contributed by atoms with Crippen LogP contribution in [0.5, 0.6) is 0 Å². The van der Waals surface area contributed by atoms with Crippen LogP contribution in [-0.2, 0) is 27.3 Å². The summed E-state index contributed by atoms with van der Waals surface area (Å²) in [5, 5.41) is 1.05. The van der Waals surface area contributed by atoms with Gasteiger partial charge in [0.1, 0.15) is 10.9 Å². The smallest absolute Gasteiger partial charge is 0.266 e. The number of fused-ring (bicyclic) bond motifs is 1. The van der Waals surface area contributed by atoms with Gasteiger partial charge in [0.15, 0.2) is 0 Å². The Kier molecular flexibility index (Phi) is 7.56. The van der Waals surface area contributed by atoms with Crippen LogP contribution in [0.4, 0.5) is 0 Å². The number of para-hydroxylation sites is 1. The number of thiocarbonyl (C=S) groups is 1. The van der Waals surface area contributed by atoms with Gasteiger partial charge in [0, 0.05) is 36.8 Å². The maximum absolute atomic E-state index is 13.1. The summed E-state index contributed by atoms with van der Waals surface area (Å²) >= 11 is 6.86. The Morgan fingerprint density at radius 1 is 1.30 bits per heavy atom. The van der Waals surface area contributed by atoms with E-state index >= 15 is 0 Å². The molecule has 0 aliphatic carbocycles. The normalized spacial score (nSPS) is 19.9. The zero-order valence-electron chi connectivity index (χ0n) is 19.5. The second kappa shape index (κ2) is 10.4. The van der Waals surface area contributed by atoms with Gasteiger partial charge in [0.2, 0.25) is 5.91 Å². The summed E-state index contributed by atoms with van der Waals surface area (Å²) in [6.45, 7) is 9.04. The zero-order chi connectivity index (χ0) is 23.5. The minimum atomic E-state index is -0.0627. The van der Waals surface area contributed by atoms with Gasteiger partial charge in [-0.15, -0.1) is 0 Å². The largest absolute Gasteiger partial charge is 0.376 e. The highest BCUT2D eigenvalue weighted by Crippen LogP contribution is 2.35. The first-order valence-electron chi connectivity index (χ1n) is 11.7. The first-order chi connectivity index (χ1) is 16.0. The molecule has 6 nitrogen and oxygen atoms in total. The van der Waals surface area contributed by atoms with Crippen molar-refractivity contribution in [2.45, 2.75) is 52.7 Å². The Labute approximate surface area is 204 Å². The molecule has 0 saturated carbocycles. The molecule has 176 valence electrons. The number of thioether (sulfide) groups is 1. The summed E-state index contributed by atoms with van der Waals surface area (Å²) < 4.78 is 8.32. The first-order valence-corrected chi connectivity index (χ1v) is 12.9. The molecule has 33 heavy (non-hydrogen) atoms. The molecule has 0 bridgehead atoms. The lowest BCUT2D eigenvalue weighted by Crippen LogP contribution is -2.35. The van der Waals surface area contributed by atoms with E-state index in [2.05, 4.69) is 19.1 Å². The third kappa shape index (κ3) is 4.88. The number of nitrogens with zero attached hydrogens (tertiary/aromatic N) is 3. The molecule has 0 radical (unpaired) electrons. The van der Waals surface area contributed by atoms with Crippen molar-refractivity contribution in [3.05, 3.63) is 40.4 Å². The molecule has 1 aromatic heterocycles. The third-order valence-electron chi connectivity index (χ3n) is 6.39. The summed E-state index contributed by atoms with van der Waals surface area (Å²) in [5.41, 5.74) is 3.18. The van der Waals surface area contributed by atoms with Crippen LogP contribution in [0.3, 0.4) is 0 Å². The minimum absolute atomic E-state index is 0.0620.